The van der Waals surface area contributed by atoms with Crippen LogP contribution in [-0.4, -0.2) is 80.7 Å². The largest absolute Gasteiger partial charge is 0.486 e. The molecule has 0 saturated carbocycles. The van der Waals surface area contributed by atoms with Gasteiger partial charge in [-0.3, -0.25) is 9.59 Å². The van der Waals surface area contributed by atoms with Gasteiger partial charge in [-0.1, -0.05) is 55.5 Å². The Morgan fingerprint density at radius 3 is 2.34 bits per heavy atom. The van der Waals surface area contributed by atoms with Crippen molar-refractivity contribution in [1.82, 2.24) is 19.7 Å². The summed E-state index contributed by atoms with van der Waals surface area (Å²) >= 11 is 1.47. The molecule has 2 aliphatic heterocycles. The average Bonchev–Trinajstić information content (AvgIpc) is 3.05. The molecule has 234 valence electrons. The number of rotatable bonds is 12. The van der Waals surface area contributed by atoms with Crippen LogP contribution in [0.2, 0.25) is 0 Å². The van der Waals surface area contributed by atoms with Crippen LogP contribution >= 0.6 is 11.9 Å². The van der Waals surface area contributed by atoms with Gasteiger partial charge in [-0.15, -0.1) is 0 Å². The monoisotopic (exact) mass is 640 g/mol. The minimum Gasteiger partial charge on any atom is -0.486 e. The van der Waals surface area contributed by atoms with Crippen LogP contribution in [0.1, 0.15) is 18.1 Å². The summed E-state index contributed by atoms with van der Waals surface area (Å²) in [7, 11) is -3.74. The number of fused-ring (bicyclic) bond motifs is 2. The topological polar surface area (TPSA) is 146 Å². The SMILES string of the molecule is CCN1Sc2cc3c(cc2C[C@H]1C(=O)N[C@@H](Cc1ccccc1)[C@@H](O)C(=O)NCCNS(=O)(=O)c1ccccc1)OCCO3. The molecule has 2 amide bonds. The number of nitrogens with one attached hydrogen (secondary N) is 3. The number of benzene rings is 3. The first kappa shape index (κ1) is 31.8. The van der Waals surface area contributed by atoms with Crippen molar-refractivity contribution >= 4 is 33.8 Å². The Kier molecular flexibility index (Phi) is 10.4. The Labute approximate surface area is 261 Å². The first-order chi connectivity index (χ1) is 21.2. The lowest BCUT2D eigenvalue weighted by Gasteiger charge is -2.36. The normalized spacial score (nSPS) is 17.6. The van der Waals surface area contributed by atoms with E-state index >= 15 is 0 Å². The molecule has 13 heteroatoms. The van der Waals surface area contributed by atoms with Gasteiger partial charge >= 0.3 is 0 Å². The maximum atomic E-state index is 13.8. The van der Waals surface area contributed by atoms with Gasteiger partial charge < -0.3 is 25.2 Å². The molecular weight excluding hydrogens is 604 g/mol. The summed E-state index contributed by atoms with van der Waals surface area (Å²) in [4.78, 5) is 27.9. The maximum Gasteiger partial charge on any atom is 0.251 e. The van der Waals surface area contributed by atoms with Crippen LogP contribution in [0.15, 0.2) is 82.6 Å². The molecule has 0 fully saturated rings. The number of likely N-dealkylation sites (N-methyl/N-ethyl adjacent to an activating group) is 1. The Bertz CT molecular complexity index is 1560. The lowest BCUT2D eigenvalue weighted by molar-refractivity contribution is -0.133. The minimum atomic E-state index is -3.74. The highest BCUT2D eigenvalue weighted by Gasteiger charge is 2.36. The highest BCUT2D eigenvalue weighted by atomic mass is 32.2. The van der Waals surface area contributed by atoms with Crippen molar-refractivity contribution in [2.75, 3.05) is 32.8 Å². The van der Waals surface area contributed by atoms with Crippen LogP contribution in [0.4, 0.5) is 0 Å². The van der Waals surface area contributed by atoms with Gasteiger partial charge in [-0.25, -0.2) is 17.4 Å². The van der Waals surface area contributed by atoms with Gasteiger partial charge in [0.05, 0.1) is 10.9 Å². The van der Waals surface area contributed by atoms with E-state index in [1.165, 1.54) is 24.1 Å². The smallest absolute Gasteiger partial charge is 0.251 e. The molecule has 0 aromatic heterocycles. The van der Waals surface area contributed by atoms with Gasteiger partial charge in [0, 0.05) is 24.5 Å². The summed E-state index contributed by atoms with van der Waals surface area (Å²) in [6, 6.07) is 19.5. The van der Waals surface area contributed by atoms with E-state index in [1.807, 2.05) is 53.7 Å². The highest BCUT2D eigenvalue weighted by Crippen LogP contribution is 2.42. The summed E-state index contributed by atoms with van der Waals surface area (Å²) in [5, 5.41) is 16.6. The second kappa shape index (κ2) is 14.4. The number of ether oxygens (including phenoxy) is 2. The van der Waals surface area contributed by atoms with Crippen LogP contribution in [-0.2, 0) is 32.5 Å². The summed E-state index contributed by atoms with van der Waals surface area (Å²) in [5.74, 6) is 0.305. The van der Waals surface area contributed by atoms with Crippen molar-refractivity contribution in [3.63, 3.8) is 0 Å². The third kappa shape index (κ3) is 7.71. The van der Waals surface area contributed by atoms with E-state index in [9.17, 15) is 23.1 Å². The van der Waals surface area contributed by atoms with Crippen molar-refractivity contribution in [1.29, 1.82) is 0 Å². The molecule has 4 N–H and O–H groups in total. The van der Waals surface area contributed by atoms with Crippen LogP contribution in [0, 0.1) is 0 Å². The minimum absolute atomic E-state index is 0.0519. The van der Waals surface area contributed by atoms with E-state index in [4.69, 9.17) is 9.47 Å². The summed E-state index contributed by atoms with van der Waals surface area (Å²) in [5.41, 5.74) is 1.79. The third-order valence-corrected chi connectivity index (χ3v) is 10.2. The Morgan fingerprint density at radius 1 is 1.00 bits per heavy atom. The fourth-order valence-corrected chi connectivity index (χ4v) is 7.25. The molecule has 0 saturated heterocycles. The predicted molar refractivity (Wildman–Crippen MR) is 166 cm³/mol. The van der Waals surface area contributed by atoms with Gasteiger partial charge in [0.25, 0.3) is 5.91 Å². The second-order valence-electron chi connectivity index (χ2n) is 10.4. The molecule has 0 spiro atoms. The number of aliphatic hydroxyl groups excluding tert-OH is 1. The third-order valence-electron chi connectivity index (χ3n) is 7.36. The Balaban J connectivity index is 1.25. The van der Waals surface area contributed by atoms with Crippen molar-refractivity contribution in [2.24, 2.45) is 0 Å². The number of sulfonamides is 1. The predicted octanol–water partition coefficient (Wildman–Crippen LogP) is 1.89. The number of amides is 2. The molecule has 11 nitrogen and oxygen atoms in total. The number of hydrogen-bond donors (Lipinski definition) is 4. The second-order valence-corrected chi connectivity index (χ2v) is 13.3. The zero-order valence-electron chi connectivity index (χ0n) is 24.3. The summed E-state index contributed by atoms with van der Waals surface area (Å²) < 4.78 is 40.8. The number of carbonyl (C=O) groups is 2. The van der Waals surface area contributed by atoms with Crippen molar-refractivity contribution in [2.45, 2.75) is 47.7 Å². The van der Waals surface area contributed by atoms with Crippen LogP contribution < -0.4 is 24.8 Å². The molecule has 2 heterocycles. The van der Waals surface area contributed by atoms with Crippen LogP contribution in [0.25, 0.3) is 0 Å². The van der Waals surface area contributed by atoms with Crippen molar-refractivity contribution in [3.05, 3.63) is 83.9 Å². The van der Waals surface area contributed by atoms with Gasteiger partial charge in [0.1, 0.15) is 19.3 Å². The molecule has 0 aliphatic carbocycles. The van der Waals surface area contributed by atoms with Crippen LogP contribution in [0.5, 0.6) is 11.5 Å². The highest BCUT2D eigenvalue weighted by molar-refractivity contribution is 7.97. The maximum absolute atomic E-state index is 13.8. The van der Waals surface area contributed by atoms with E-state index < -0.39 is 34.1 Å². The van der Waals surface area contributed by atoms with E-state index in [0.29, 0.717) is 37.7 Å². The molecule has 0 unspecified atom stereocenters. The number of aliphatic hydroxyl groups is 1. The van der Waals surface area contributed by atoms with Gasteiger partial charge in [-0.2, -0.15) is 0 Å². The zero-order chi connectivity index (χ0) is 31.1. The molecule has 44 heavy (non-hydrogen) atoms. The van der Waals surface area contributed by atoms with E-state index in [-0.39, 0.29) is 30.3 Å². The molecule has 2 aliphatic rings. The molecular formula is C31H36N4O7S2. The summed E-state index contributed by atoms with van der Waals surface area (Å²) in [6.07, 6.45) is -0.954. The number of nitrogens with zero attached hydrogens (tertiary/aromatic N) is 1. The van der Waals surface area contributed by atoms with Gasteiger partial charge in [0.15, 0.2) is 17.6 Å². The Hall–Kier alpha value is -3.62. The number of carbonyl (C=O) groups excluding carboxylic acids is 2. The zero-order valence-corrected chi connectivity index (χ0v) is 25.9. The fraction of sp³-hybridized carbons (Fsp3) is 0.355. The molecule has 0 bridgehead atoms. The van der Waals surface area contributed by atoms with Gasteiger partial charge in [-0.05, 0) is 60.2 Å². The van der Waals surface area contributed by atoms with E-state index in [1.54, 1.807) is 18.2 Å². The lowest BCUT2D eigenvalue weighted by Crippen LogP contribution is -2.56. The van der Waals surface area contributed by atoms with Crippen molar-refractivity contribution < 1.29 is 32.6 Å². The van der Waals surface area contributed by atoms with Crippen LogP contribution in [0.3, 0.4) is 0 Å². The fourth-order valence-electron chi connectivity index (χ4n) is 5.10. The van der Waals surface area contributed by atoms with Crippen molar-refractivity contribution in [3.8, 4) is 11.5 Å². The molecule has 5 rings (SSSR count). The summed E-state index contributed by atoms with van der Waals surface area (Å²) in [6.45, 7) is 3.37. The molecule has 3 aromatic carbocycles. The molecule has 3 aromatic rings. The molecule has 0 radical (unpaired) electrons. The number of hydrogen-bond acceptors (Lipinski definition) is 9. The lowest BCUT2D eigenvalue weighted by atomic mass is 9.98. The average molecular weight is 641 g/mol. The first-order valence-corrected chi connectivity index (χ1v) is 16.7. The Morgan fingerprint density at radius 2 is 1.66 bits per heavy atom. The first-order valence-electron chi connectivity index (χ1n) is 14.5. The standard InChI is InChI=1S/C31H36N4O7S2/c1-2-35-25(18-22-19-26-27(20-28(22)43-35)42-16-15-41-26)30(37)34-24(17-21-9-5-3-6-10-21)29(36)31(38)32-13-14-33-44(39,40)23-11-7-4-8-12-23/h3-12,19-20,24-25,29,33,36H,2,13-18H2,1H3,(H,32,38)(H,34,37)/t24-,25-,29+/m0/s1. The van der Waals surface area contributed by atoms with E-state index in [0.717, 1.165) is 16.0 Å². The quantitative estimate of drug-likeness (QED) is 0.172. The molecule has 3 atom stereocenters. The van der Waals surface area contributed by atoms with E-state index in [2.05, 4.69) is 15.4 Å². The van der Waals surface area contributed by atoms with Gasteiger partial charge in [0.2, 0.25) is 15.9 Å².